The molecule has 5 nitrogen and oxygen atoms in total. The molecule has 0 heterocycles. The zero-order valence-corrected chi connectivity index (χ0v) is 18.1. The molecule has 0 bridgehead atoms. The van der Waals surface area contributed by atoms with E-state index >= 15 is 0 Å². The van der Waals surface area contributed by atoms with Gasteiger partial charge in [-0.25, -0.2) is 12.8 Å². The van der Waals surface area contributed by atoms with E-state index in [2.05, 4.69) is 0 Å². The van der Waals surface area contributed by atoms with Gasteiger partial charge in [0.25, 0.3) is 10.0 Å². The molecule has 0 spiro atoms. The van der Waals surface area contributed by atoms with Gasteiger partial charge < -0.3 is 9.47 Å². The van der Waals surface area contributed by atoms with Gasteiger partial charge in [0, 0.05) is 6.07 Å². The Kier molecular flexibility index (Phi) is 6.31. The molecule has 0 N–H and O–H groups in total. The van der Waals surface area contributed by atoms with Crippen LogP contribution in [-0.4, -0.2) is 22.6 Å². The maximum Gasteiger partial charge on any atom is 0.264 e. The largest absolute Gasteiger partial charge is 0.493 e. The molecular formula is C23H24FNO4S. The molecule has 3 aromatic carbocycles. The number of rotatable bonds is 7. The van der Waals surface area contributed by atoms with Gasteiger partial charge >= 0.3 is 0 Å². The summed E-state index contributed by atoms with van der Waals surface area (Å²) < 4.78 is 52.7. The lowest BCUT2D eigenvalue weighted by molar-refractivity contribution is 0.355. The van der Waals surface area contributed by atoms with Crippen LogP contribution in [0.4, 0.5) is 10.1 Å². The molecule has 0 amide bonds. The monoisotopic (exact) mass is 429 g/mol. The first kappa shape index (κ1) is 21.6. The van der Waals surface area contributed by atoms with Crippen LogP contribution in [0.2, 0.25) is 0 Å². The Morgan fingerprint density at radius 2 is 1.53 bits per heavy atom. The van der Waals surface area contributed by atoms with Crippen molar-refractivity contribution in [2.45, 2.75) is 24.8 Å². The van der Waals surface area contributed by atoms with Crippen molar-refractivity contribution in [3.63, 3.8) is 0 Å². The van der Waals surface area contributed by atoms with Crippen LogP contribution in [0.3, 0.4) is 0 Å². The molecule has 0 aliphatic rings. The number of methoxy groups -OCH3 is 2. The highest BCUT2D eigenvalue weighted by Gasteiger charge is 2.31. The number of sulfonamides is 1. The van der Waals surface area contributed by atoms with Crippen molar-refractivity contribution in [1.82, 2.24) is 0 Å². The molecule has 0 aromatic heterocycles. The zero-order chi connectivity index (χ0) is 21.9. The van der Waals surface area contributed by atoms with Crippen LogP contribution in [0.25, 0.3) is 0 Å². The minimum atomic E-state index is -4.01. The summed E-state index contributed by atoms with van der Waals surface area (Å²) in [7, 11) is -1.00. The Hall–Kier alpha value is -3.06. The summed E-state index contributed by atoms with van der Waals surface area (Å²) in [6.07, 6.45) is 0. The second-order valence-electron chi connectivity index (χ2n) is 6.83. The molecule has 1 atom stereocenters. The Morgan fingerprint density at radius 3 is 2.13 bits per heavy atom. The first-order valence-corrected chi connectivity index (χ1v) is 10.8. The molecule has 3 aromatic rings. The van der Waals surface area contributed by atoms with Gasteiger partial charge in [-0.1, -0.05) is 24.3 Å². The van der Waals surface area contributed by atoms with Gasteiger partial charge in [-0.15, -0.1) is 0 Å². The van der Waals surface area contributed by atoms with Crippen molar-refractivity contribution in [3.05, 3.63) is 83.7 Å². The number of anilines is 1. The number of hydrogen-bond acceptors (Lipinski definition) is 4. The third kappa shape index (κ3) is 4.11. The van der Waals surface area contributed by atoms with Crippen LogP contribution in [0.5, 0.6) is 11.5 Å². The second-order valence-corrected chi connectivity index (χ2v) is 8.64. The Bertz CT molecular complexity index is 1130. The normalized spacial score (nSPS) is 12.3. The van der Waals surface area contributed by atoms with Crippen LogP contribution in [0, 0.1) is 12.7 Å². The maximum absolute atomic E-state index is 13.7. The third-order valence-electron chi connectivity index (χ3n) is 4.98. The SMILES string of the molecule is COc1ccc(N([C@H](C)c2ccccc2C)S(=O)(=O)c2ccc(F)cc2)cc1OC. The van der Waals surface area contributed by atoms with Gasteiger partial charge in [0.05, 0.1) is 30.8 Å². The molecule has 0 aliphatic heterocycles. The van der Waals surface area contributed by atoms with Gasteiger partial charge in [-0.3, -0.25) is 4.31 Å². The average molecular weight is 430 g/mol. The standard InChI is InChI=1S/C23H24FNO4S/c1-16-7-5-6-8-21(16)17(2)25(19-11-14-22(28-3)23(15-19)29-4)30(26,27)20-12-9-18(24)10-13-20/h5-15,17H,1-4H3/t17-/m1/s1. The summed E-state index contributed by atoms with van der Waals surface area (Å²) in [5.41, 5.74) is 2.23. The van der Waals surface area contributed by atoms with E-state index in [0.29, 0.717) is 17.2 Å². The highest BCUT2D eigenvalue weighted by atomic mass is 32.2. The summed E-state index contributed by atoms with van der Waals surface area (Å²) in [5.74, 6) is 0.397. The summed E-state index contributed by atoms with van der Waals surface area (Å²) in [6, 6.07) is 16.8. The number of hydrogen-bond donors (Lipinski definition) is 0. The number of nitrogens with zero attached hydrogens (tertiary/aromatic N) is 1. The van der Waals surface area contributed by atoms with Crippen LogP contribution in [0.15, 0.2) is 71.6 Å². The van der Waals surface area contributed by atoms with Crippen molar-refractivity contribution in [3.8, 4) is 11.5 Å². The van der Waals surface area contributed by atoms with Gasteiger partial charge in [-0.05, 0) is 61.4 Å². The van der Waals surface area contributed by atoms with Crippen molar-refractivity contribution in [2.24, 2.45) is 0 Å². The van der Waals surface area contributed by atoms with Crippen molar-refractivity contribution < 1.29 is 22.3 Å². The topological polar surface area (TPSA) is 55.8 Å². The van der Waals surface area contributed by atoms with E-state index in [1.807, 2.05) is 38.1 Å². The molecule has 0 saturated heterocycles. The molecule has 3 rings (SSSR count). The molecule has 0 unspecified atom stereocenters. The lowest BCUT2D eigenvalue weighted by atomic mass is 10.0. The number of ether oxygens (including phenoxy) is 2. The average Bonchev–Trinajstić information content (AvgIpc) is 2.74. The summed E-state index contributed by atoms with van der Waals surface area (Å²) >= 11 is 0. The smallest absolute Gasteiger partial charge is 0.264 e. The van der Waals surface area contributed by atoms with Gasteiger partial charge in [0.15, 0.2) is 11.5 Å². The second kappa shape index (κ2) is 8.75. The highest BCUT2D eigenvalue weighted by Crippen LogP contribution is 2.38. The fraction of sp³-hybridized carbons (Fsp3) is 0.217. The highest BCUT2D eigenvalue weighted by molar-refractivity contribution is 7.92. The van der Waals surface area contributed by atoms with E-state index in [0.717, 1.165) is 23.3 Å². The first-order chi connectivity index (χ1) is 14.3. The molecule has 30 heavy (non-hydrogen) atoms. The zero-order valence-electron chi connectivity index (χ0n) is 17.3. The molecular weight excluding hydrogens is 405 g/mol. The lowest BCUT2D eigenvalue weighted by Gasteiger charge is -2.32. The van der Waals surface area contributed by atoms with E-state index in [4.69, 9.17) is 9.47 Å². The summed E-state index contributed by atoms with van der Waals surface area (Å²) in [4.78, 5) is -0.000816. The molecule has 0 radical (unpaired) electrons. The Balaban J connectivity index is 2.21. The maximum atomic E-state index is 13.7. The number of aryl methyl sites for hydroxylation is 1. The fourth-order valence-electron chi connectivity index (χ4n) is 3.43. The van der Waals surface area contributed by atoms with E-state index in [-0.39, 0.29) is 4.90 Å². The lowest BCUT2D eigenvalue weighted by Crippen LogP contribution is -2.34. The molecule has 158 valence electrons. The predicted octanol–water partition coefficient (Wildman–Crippen LogP) is 5.11. The Morgan fingerprint density at radius 1 is 0.900 bits per heavy atom. The van der Waals surface area contributed by atoms with Gasteiger partial charge in [0.2, 0.25) is 0 Å². The van der Waals surface area contributed by atoms with E-state index in [1.54, 1.807) is 18.2 Å². The van der Waals surface area contributed by atoms with E-state index < -0.39 is 21.9 Å². The van der Waals surface area contributed by atoms with Crippen LogP contribution in [-0.2, 0) is 10.0 Å². The fourth-order valence-corrected chi connectivity index (χ4v) is 5.06. The summed E-state index contributed by atoms with van der Waals surface area (Å²) in [6.45, 7) is 3.75. The van der Waals surface area contributed by atoms with Crippen molar-refractivity contribution >= 4 is 15.7 Å². The van der Waals surface area contributed by atoms with Crippen LogP contribution < -0.4 is 13.8 Å². The Labute approximate surface area is 176 Å². The quantitative estimate of drug-likeness (QED) is 0.524. The number of benzene rings is 3. The molecule has 0 aliphatic carbocycles. The number of halogens is 1. The van der Waals surface area contributed by atoms with E-state index in [1.165, 1.54) is 30.7 Å². The molecule has 0 fully saturated rings. The minimum Gasteiger partial charge on any atom is -0.493 e. The van der Waals surface area contributed by atoms with Gasteiger partial charge in [0.1, 0.15) is 5.82 Å². The van der Waals surface area contributed by atoms with Crippen molar-refractivity contribution in [1.29, 1.82) is 0 Å². The molecule has 7 heteroatoms. The van der Waals surface area contributed by atoms with Crippen LogP contribution in [0.1, 0.15) is 24.1 Å². The molecule has 0 saturated carbocycles. The third-order valence-corrected chi connectivity index (χ3v) is 6.90. The van der Waals surface area contributed by atoms with Gasteiger partial charge in [-0.2, -0.15) is 0 Å². The summed E-state index contributed by atoms with van der Waals surface area (Å²) in [5, 5.41) is 0. The van der Waals surface area contributed by atoms with E-state index in [9.17, 15) is 12.8 Å². The van der Waals surface area contributed by atoms with Crippen molar-refractivity contribution in [2.75, 3.05) is 18.5 Å². The van der Waals surface area contributed by atoms with Crippen LogP contribution >= 0.6 is 0 Å². The minimum absolute atomic E-state index is 0.000816. The first-order valence-electron chi connectivity index (χ1n) is 9.37. The predicted molar refractivity (Wildman–Crippen MR) is 115 cm³/mol.